The Labute approximate surface area is 145 Å². The first-order valence-corrected chi connectivity index (χ1v) is 8.18. The Hall–Kier alpha value is -2.90. The quantitative estimate of drug-likeness (QED) is 0.534. The van der Waals surface area contributed by atoms with E-state index in [9.17, 15) is 4.79 Å². The Balaban J connectivity index is 1.75. The fraction of sp³-hybridized carbons (Fsp3) is 0.0500. The van der Waals surface area contributed by atoms with Crippen molar-refractivity contribution in [1.29, 1.82) is 0 Å². The number of pyridine rings is 2. The van der Waals surface area contributed by atoms with Crippen LogP contribution in [0.3, 0.4) is 0 Å². The third kappa shape index (κ3) is 4.09. The Kier molecular flexibility index (Phi) is 5.05. The van der Waals surface area contributed by atoms with Crippen LogP contribution in [0.5, 0.6) is 0 Å². The molecule has 3 aromatic rings. The van der Waals surface area contributed by atoms with Gasteiger partial charge in [-0.25, -0.2) is 0 Å². The fourth-order valence-electron chi connectivity index (χ4n) is 2.08. The van der Waals surface area contributed by atoms with Gasteiger partial charge in [-0.3, -0.25) is 14.8 Å². The summed E-state index contributed by atoms with van der Waals surface area (Å²) in [5.74, 6) is 6.29. The number of rotatable bonds is 3. The maximum absolute atomic E-state index is 11.0. The van der Waals surface area contributed by atoms with Crippen LogP contribution in [0.2, 0.25) is 0 Å². The predicted octanol–water partition coefficient (Wildman–Crippen LogP) is 4.15. The number of aromatic nitrogens is 2. The van der Waals surface area contributed by atoms with Gasteiger partial charge < -0.3 is 0 Å². The maximum atomic E-state index is 11.0. The molecular weight excluding hydrogens is 316 g/mol. The topological polar surface area (TPSA) is 42.9 Å². The zero-order valence-electron chi connectivity index (χ0n) is 13.1. The van der Waals surface area contributed by atoms with E-state index < -0.39 is 0 Å². The second-order valence-corrected chi connectivity index (χ2v) is 6.21. The van der Waals surface area contributed by atoms with Crippen molar-refractivity contribution in [3.05, 3.63) is 83.4 Å². The van der Waals surface area contributed by atoms with Crippen LogP contribution in [0, 0.1) is 18.8 Å². The van der Waals surface area contributed by atoms with Gasteiger partial charge >= 0.3 is 0 Å². The highest BCUT2D eigenvalue weighted by atomic mass is 32.2. The molecule has 2 aromatic heterocycles. The van der Waals surface area contributed by atoms with Crippen LogP contribution in [-0.2, 0) is 0 Å². The molecule has 0 bridgehead atoms. The zero-order chi connectivity index (χ0) is 16.8. The van der Waals surface area contributed by atoms with Crippen molar-refractivity contribution in [2.75, 3.05) is 0 Å². The van der Waals surface area contributed by atoms with Crippen molar-refractivity contribution in [2.45, 2.75) is 16.7 Å². The van der Waals surface area contributed by atoms with E-state index in [2.05, 4.69) is 21.8 Å². The molecule has 0 atom stereocenters. The van der Waals surface area contributed by atoms with E-state index >= 15 is 0 Å². The van der Waals surface area contributed by atoms with Gasteiger partial charge in [-0.15, -0.1) is 0 Å². The summed E-state index contributed by atoms with van der Waals surface area (Å²) >= 11 is 1.54. The number of nitrogens with zero attached hydrogens (tertiary/aromatic N) is 2. The summed E-state index contributed by atoms with van der Waals surface area (Å²) in [5, 5.41) is 0. The number of carbonyl (C=O) groups excluding carboxylic acids is 1. The van der Waals surface area contributed by atoms with E-state index in [4.69, 9.17) is 0 Å². The van der Waals surface area contributed by atoms with Crippen molar-refractivity contribution in [2.24, 2.45) is 0 Å². The highest BCUT2D eigenvalue weighted by molar-refractivity contribution is 7.99. The number of hydrogen-bond donors (Lipinski definition) is 0. The first-order chi connectivity index (χ1) is 11.7. The van der Waals surface area contributed by atoms with Gasteiger partial charge in [0, 0.05) is 50.8 Å². The van der Waals surface area contributed by atoms with Crippen molar-refractivity contribution in [3.8, 4) is 11.8 Å². The first-order valence-electron chi connectivity index (χ1n) is 7.36. The number of aryl methyl sites for hydroxylation is 1. The minimum Gasteiger partial charge on any atom is -0.298 e. The molecule has 0 unspecified atom stereocenters. The summed E-state index contributed by atoms with van der Waals surface area (Å²) in [6.07, 6.45) is 5.85. The van der Waals surface area contributed by atoms with E-state index in [0.717, 1.165) is 32.9 Å². The Bertz CT molecular complexity index is 924. The van der Waals surface area contributed by atoms with E-state index in [1.54, 1.807) is 18.6 Å². The second-order valence-electron chi connectivity index (χ2n) is 5.09. The van der Waals surface area contributed by atoms with Crippen molar-refractivity contribution in [1.82, 2.24) is 9.97 Å². The highest BCUT2D eigenvalue weighted by Crippen LogP contribution is 2.29. The summed E-state index contributed by atoms with van der Waals surface area (Å²) in [5.41, 5.74) is 3.45. The van der Waals surface area contributed by atoms with Crippen LogP contribution in [0.15, 0.2) is 70.8 Å². The third-order valence-electron chi connectivity index (χ3n) is 3.27. The van der Waals surface area contributed by atoms with Gasteiger partial charge in [-0.2, -0.15) is 0 Å². The Morgan fingerprint density at radius 1 is 1.00 bits per heavy atom. The molecule has 2 heterocycles. The predicted molar refractivity (Wildman–Crippen MR) is 95.1 cm³/mol. The minimum atomic E-state index is 0.597. The first kappa shape index (κ1) is 16.0. The minimum absolute atomic E-state index is 0.597. The van der Waals surface area contributed by atoms with Crippen LogP contribution in [0.25, 0.3) is 0 Å². The molecule has 24 heavy (non-hydrogen) atoms. The van der Waals surface area contributed by atoms with Gasteiger partial charge in [-0.1, -0.05) is 23.6 Å². The molecule has 1 aromatic carbocycles. The van der Waals surface area contributed by atoms with E-state index in [1.165, 1.54) is 11.8 Å². The molecule has 0 radical (unpaired) electrons. The normalized spacial score (nSPS) is 9.88. The van der Waals surface area contributed by atoms with Crippen molar-refractivity contribution in [3.63, 3.8) is 0 Å². The summed E-state index contributed by atoms with van der Waals surface area (Å²) in [4.78, 5) is 21.1. The number of benzene rings is 1. The lowest BCUT2D eigenvalue weighted by Crippen LogP contribution is -1.86. The number of aldehydes is 1. The molecule has 116 valence electrons. The van der Waals surface area contributed by atoms with E-state index in [-0.39, 0.29) is 0 Å². The lowest BCUT2D eigenvalue weighted by atomic mass is 10.2. The van der Waals surface area contributed by atoms with Gasteiger partial charge in [0.1, 0.15) is 0 Å². The molecule has 3 nitrogen and oxygen atoms in total. The second kappa shape index (κ2) is 7.58. The van der Waals surface area contributed by atoms with Crippen LogP contribution >= 0.6 is 11.8 Å². The van der Waals surface area contributed by atoms with E-state index in [0.29, 0.717) is 5.56 Å². The lowest BCUT2D eigenvalue weighted by Gasteiger charge is -2.03. The highest BCUT2D eigenvalue weighted by Gasteiger charge is 2.03. The molecule has 0 N–H and O–H groups in total. The smallest absolute Gasteiger partial charge is 0.152 e. The molecule has 0 saturated heterocycles. The lowest BCUT2D eigenvalue weighted by molar-refractivity contribution is 0.112. The van der Waals surface area contributed by atoms with Gasteiger partial charge in [0.05, 0.1) is 0 Å². The van der Waals surface area contributed by atoms with Crippen LogP contribution < -0.4 is 0 Å². The average Bonchev–Trinajstić information content (AvgIpc) is 2.62. The Morgan fingerprint density at radius 3 is 2.54 bits per heavy atom. The standard InChI is InChI=1S/C20H14N2OS/c1-15-12-17(8-11-22-15)3-2-16-4-6-19(7-5-16)24-20-9-10-21-13-18(20)14-23/h4-14H,1H3. The molecule has 0 amide bonds. The summed E-state index contributed by atoms with van der Waals surface area (Å²) in [6, 6.07) is 13.7. The van der Waals surface area contributed by atoms with Crippen LogP contribution in [0.4, 0.5) is 0 Å². The number of hydrogen-bond acceptors (Lipinski definition) is 4. The summed E-state index contributed by atoms with van der Waals surface area (Å²) in [7, 11) is 0. The molecular formula is C20H14N2OS. The molecule has 0 fully saturated rings. The molecule has 3 rings (SSSR count). The van der Waals surface area contributed by atoms with E-state index in [1.807, 2.05) is 49.4 Å². The Morgan fingerprint density at radius 2 is 1.79 bits per heavy atom. The number of carbonyl (C=O) groups is 1. The molecule has 0 aliphatic carbocycles. The largest absolute Gasteiger partial charge is 0.298 e. The van der Waals surface area contributed by atoms with Crippen molar-refractivity contribution < 1.29 is 4.79 Å². The monoisotopic (exact) mass is 330 g/mol. The van der Waals surface area contributed by atoms with Gasteiger partial charge in [0.25, 0.3) is 0 Å². The van der Waals surface area contributed by atoms with Crippen LogP contribution in [0.1, 0.15) is 27.2 Å². The van der Waals surface area contributed by atoms with Crippen molar-refractivity contribution >= 4 is 18.0 Å². The van der Waals surface area contributed by atoms with Gasteiger partial charge in [-0.05, 0) is 49.4 Å². The zero-order valence-corrected chi connectivity index (χ0v) is 13.9. The van der Waals surface area contributed by atoms with Gasteiger partial charge in [0.15, 0.2) is 6.29 Å². The summed E-state index contributed by atoms with van der Waals surface area (Å²) in [6.45, 7) is 1.95. The molecule has 0 aliphatic heterocycles. The molecule has 0 saturated carbocycles. The fourth-order valence-corrected chi connectivity index (χ4v) is 2.95. The van der Waals surface area contributed by atoms with Gasteiger partial charge in [0.2, 0.25) is 0 Å². The molecule has 0 aliphatic rings. The average molecular weight is 330 g/mol. The summed E-state index contributed by atoms with van der Waals surface area (Å²) < 4.78 is 0. The SMILES string of the molecule is Cc1cc(C#Cc2ccc(Sc3ccncc3C=O)cc2)ccn1. The van der Waals surface area contributed by atoms with Crippen LogP contribution in [-0.4, -0.2) is 16.3 Å². The third-order valence-corrected chi connectivity index (χ3v) is 4.37. The molecule has 0 spiro atoms. The molecule has 4 heteroatoms. The maximum Gasteiger partial charge on any atom is 0.152 e.